The normalized spacial score (nSPS) is 56.6. The Labute approximate surface area is 70.0 Å². The van der Waals surface area contributed by atoms with Crippen molar-refractivity contribution in [1.82, 2.24) is 0 Å². The Kier molecular flexibility index (Phi) is 2.54. The van der Waals surface area contributed by atoms with Crippen molar-refractivity contribution in [2.45, 2.75) is 30.7 Å². The Balaban J connectivity index is 2.79. The molecule has 0 aromatic rings. The van der Waals surface area contributed by atoms with Gasteiger partial charge in [-0.05, 0) is 0 Å². The lowest BCUT2D eigenvalue weighted by molar-refractivity contribution is -0.286. The molecule has 0 spiro atoms. The minimum absolute atomic E-state index is 0.620. The summed E-state index contributed by atoms with van der Waals surface area (Å²) in [6.07, 6.45) is -9.31. The molecule has 12 heavy (non-hydrogen) atoms. The Morgan fingerprint density at radius 2 is 1.75 bits per heavy atom. The van der Waals surface area contributed by atoms with Crippen LogP contribution in [0.1, 0.15) is 1.37 Å². The van der Waals surface area contributed by atoms with Crippen molar-refractivity contribution >= 4 is 0 Å². The Hall–Kier alpha value is -0.240. The van der Waals surface area contributed by atoms with E-state index in [0.717, 1.165) is 0 Å². The molecule has 1 saturated heterocycles. The molecule has 1 fully saturated rings. The molecule has 0 bridgehead atoms. The van der Waals surface area contributed by atoms with Crippen LogP contribution in [0.4, 0.5) is 0 Å². The van der Waals surface area contributed by atoms with Crippen LogP contribution in [0.3, 0.4) is 0 Å². The highest BCUT2D eigenvalue weighted by Gasteiger charge is 2.42. The van der Waals surface area contributed by atoms with Gasteiger partial charge in [0.1, 0.15) is 24.4 Å². The van der Waals surface area contributed by atoms with Crippen LogP contribution in [0, 0.1) is 0 Å². The largest absolute Gasteiger partial charge is 0.394 e. The van der Waals surface area contributed by atoms with Crippen LogP contribution >= 0.6 is 0 Å². The van der Waals surface area contributed by atoms with Gasteiger partial charge in [-0.15, -0.1) is 0 Å². The third kappa shape index (κ3) is 1.58. The van der Waals surface area contributed by atoms with E-state index in [9.17, 15) is 0 Å². The molecule has 1 aliphatic heterocycles. The minimum Gasteiger partial charge on any atom is -0.394 e. The molecule has 6 nitrogen and oxygen atoms in total. The van der Waals surface area contributed by atoms with Gasteiger partial charge in [-0.1, -0.05) is 0 Å². The Bertz CT molecular complexity index is 186. The fourth-order valence-electron chi connectivity index (χ4n) is 0.991. The Morgan fingerprint density at radius 3 is 2.25 bits per heavy atom. The lowest BCUT2D eigenvalue weighted by Gasteiger charge is -2.37. The summed E-state index contributed by atoms with van der Waals surface area (Å²) in [5.41, 5.74) is 0. The van der Waals surface area contributed by atoms with Gasteiger partial charge in [-0.3, -0.25) is 0 Å². The van der Waals surface area contributed by atoms with E-state index in [1.54, 1.807) is 0 Å². The maximum atomic E-state index is 9.16. The molecule has 0 aromatic heterocycles. The van der Waals surface area contributed by atoms with E-state index in [4.69, 9.17) is 26.9 Å². The van der Waals surface area contributed by atoms with E-state index in [-0.39, 0.29) is 0 Å². The van der Waals surface area contributed by atoms with Crippen molar-refractivity contribution in [2.24, 2.45) is 0 Å². The Morgan fingerprint density at radius 1 is 1.17 bits per heavy atom. The fraction of sp³-hybridized carbons (Fsp3) is 1.00. The van der Waals surface area contributed by atoms with Crippen LogP contribution in [0.25, 0.3) is 0 Å². The molecule has 1 heterocycles. The fourth-order valence-corrected chi connectivity index (χ4v) is 0.991. The van der Waals surface area contributed by atoms with E-state index < -0.39 is 37.3 Å². The van der Waals surface area contributed by atoms with Crippen LogP contribution in [-0.2, 0) is 4.74 Å². The first-order valence-corrected chi connectivity index (χ1v) is 3.44. The number of aliphatic hydroxyl groups is 5. The second-order valence-electron chi connectivity index (χ2n) is 2.57. The van der Waals surface area contributed by atoms with Crippen molar-refractivity contribution in [2.75, 3.05) is 6.61 Å². The predicted octanol–water partition coefficient (Wildman–Crippen LogP) is -3.22. The first-order valence-electron chi connectivity index (χ1n) is 3.94. The van der Waals surface area contributed by atoms with Gasteiger partial charge >= 0.3 is 0 Å². The molecule has 1 rings (SSSR count). The molecule has 0 aliphatic carbocycles. The zero-order chi connectivity index (χ0) is 10.2. The maximum absolute atomic E-state index is 9.16. The first-order chi connectivity index (χ1) is 5.91. The van der Waals surface area contributed by atoms with Crippen LogP contribution in [-0.4, -0.2) is 62.8 Å². The van der Waals surface area contributed by atoms with Gasteiger partial charge in [0.15, 0.2) is 6.29 Å². The van der Waals surface area contributed by atoms with Crippen molar-refractivity contribution < 1.29 is 31.6 Å². The summed E-state index contributed by atoms with van der Waals surface area (Å²) in [5.74, 6) is 0. The first kappa shape index (κ1) is 8.36. The highest BCUT2D eigenvalue weighted by atomic mass is 16.6. The zero-order valence-corrected chi connectivity index (χ0v) is 6.16. The summed E-state index contributed by atoms with van der Waals surface area (Å²) in [7, 11) is 0. The molecule has 0 radical (unpaired) electrons. The minimum atomic E-state index is -2.68. The van der Waals surface area contributed by atoms with E-state index >= 15 is 0 Å². The molecular formula is C6H12O6. The van der Waals surface area contributed by atoms with E-state index in [0.29, 0.717) is 0 Å². The van der Waals surface area contributed by atoms with Gasteiger partial charge in [-0.2, -0.15) is 0 Å². The zero-order valence-electron chi connectivity index (χ0n) is 7.16. The SMILES string of the molecule is [2H]C1(O)C(O)OC(CO)C(O)C1O. The van der Waals surface area contributed by atoms with Crippen LogP contribution < -0.4 is 0 Å². The van der Waals surface area contributed by atoms with Gasteiger partial charge in [0.25, 0.3) is 0 Å². The van der Waals surface area contributed by atoms with Crippen LogP contribution in [0.15, 0.2) is 0 Å². The molecule has 1 aliphatic rings. The second kappa shape index (κ2) is 3.65. The van der Waals surface area contributed by atoms with Gasteiger partial charge in [0.05, 0.1) is 7.98 Å². The highest BCUT2D eigenvalue weighted by Crippen LogP contribution is 2.18. The number of hydrogen-bond donors (Lipinski definition) is 5. The van der Waals surface area contributed by atoms with Gasteiger partial charge in [0.2, 0.25) is 0 Å². The lowest BCUT2D eigenvalue weighted by atomic mass is 10.00. The predicted molar refractivity (Wildman–Crippen MR) is 36.0 cm³/mol. The number of hydrogen-bond acceptors (Lipinski definition) is 6. The van der Waals surface area contributed by atoms with Gasteiger partial charge in [-0.25, -0.2) is 0 Å². The van der Waals surface area contributed by atoms with Gasteiger partial charge < -0.3 is 30.3 Å². The molecule has 5 unspecified atom stereocenters. The summed E-state index contributed by atoms with van der Waals surface area (Å²) < 4.78 is 11.5. The molecule has 0 amide bonds. The van der Waals surface area contributed by atoms with E-state index in [1.807, 2.05) is 0 Å². The van der Waals surface area contributed by atoms with Crippen molar-refractivity contribution in [1.29, 1.82) is 0 Å². The summed E-state index contributed by atoms with van der Waals surface area (Å²) in [5, 5.41) is 45.0. The molecule has 5 N–H and O–H groups in total. The van der Waals surface area contributed by atoms with E-state index in [1.165, 1.54) is 0 Å². The smallest absolute Gasteiger partial charge is 0.184 e. The third-order valence-corrected chi connectivity index (χ3v) is 1.74. The van der Waals surface area contributed by atoms with Crippen LogP contribution in [0.5, 0.6) is 0 Å². The monoisotopic (exact) mass is 181 g/mol. The second-order valence-corrected chi connectivity index (χ2v) is 2.57. The number of aliphatic hydroxyl groups excluding tert-OH is 4. The molecule has 6 heteroatoms. The summed E-state index contributed by atoms with van der Waals surface area (Å²) >= 11 is 0. The highest BCUT2D eigenvalue weighted by molar-refractivity contribution is 4.87. The molecular weight excluding hydrogens is 168 g/mol. The molecule has 0 saturated carbocycles. The molecule has 72 valence electrons. The summed E-state index contributed by atoms with van der Waals surface area (Å²) in [6, 6.07) is 0. The van der Waals surface area contributed by atoms with Crippen molar-refractivity contribution in [3.05, 3.63) is 0 Å². The number of ether oxygens (including phenoxy) is 1. The van der Waals surface area contributed by atoms with Crippen LogP contribution in [0.2, 0.25) is 0 Å². The molecule has 0 aromatic carbocycles. The third-order valence-electron chi connectivity index (χ3n) is 1.74. The number of rotatable bonds is 1. The van der Waals surface area contributed by atoms with E-state index in [2.05, 4.69) is 4.74 Å². The average Bonchev–Trinajstić information content (AvgIpc) is 2.09. The van der Waals surface area contributed by atoms with Gasteiger partial charge in [0, 0.05) is 0 Å². The quantitative estimate of drug-likeness (QED) is 0.291. The summed E-state index contributed by atoms with van der Waals surface area (Å²) in [4.78, 5) is 0. The average molecular weight is 181 g/mol. The van der Waals surface area contributed by atoms with Crippen molar-refractivity contribution in [3.8, 4) is 0 Å². The van der Waals surface area contributed by atoms with Crippen molar-refractivity contribution in [3.63, 3.8) is 0 Å². The standard InChI is InChI=1S/C6H12O6/c7-1-2-3(8)4(9)5(10)6(11)12-2/h2-11H,1H2/i5D. The maximum Gasteiger partial charge on any atom is 0.184 e. The lowest BCUT2D eigenvalue weighted by Crippen LogP contribution is -2.58. The molecule has 5 atom stereocenters. The summed E-state index contributed by atoms with van der Waals surface area (Å²) in [6.45, 7) is -0.620. The topological polar surface area (TPSA) is 110 Å².